The smallest absolute Gasteiger partial charge is 0.243 e. The molecule has 4 nitrogen and oxygen atoms in total. The number of benzene rings is 2. The third-order valence-electron chi connectivity index (χ3n) is 5.07. The van der Waals surface area contributed by atoms with E-state index < -0.39 is 6.04 Å². The van der Waals surface area contributed by atoms with Gasteiger partial charge in [0.2, 0.25) is 11.8 Å². The Morgan fingerprint density at radius 3 is 2.34 bits per heavy atom. The quantitative estimate of drug-likeness (QED) is 0.633. The Labute approximate surface area is 179 Å². The summed E-state index contributed by atoms with van der Waals surface area (Å²) in [5.74, 6) is -0.186. The van der Waals surface area contributed by atoms with Crippen LogP contribution in [0.25, 0.3) is 0 Å². The predicted molar refractivity (Wildman–Crippen MR) is 119 cm³/mol. The summed E-state index contributed by atoms with van der Waals surface area (Å²) < 4.78 is 0. The molecule has 2 aromatic carbocycles. The van der Waals surface area contributed by atoms with E-state index in [2.05, 4.69) is 11.4 Å². The van der Waals surface area contributed by atoms with Crippen LogP contribution in [0.4, 0.5) is 0 Å². The maximum Gasteiger partial charge on any atom is 0.243 e. The molecular formula is C24H31ClN2O2. The number of nitrogens with zero attached hydrogens (tertiary/aromatic N) is 1. The molecule has 0 saturated carbocycles. The van der Waals surface area contributed by atoms with Gasteiger partial charge >= 0.3 is 0 Å². The molecule has 1 N–H and O–H groups in total. The van der Waals surface area contributed by atoms with E-state index in [9.17, 15) is 9.59 Å². The minimum Gasteiger partial charge on any atom is -0.352 e. The Bertz CT molecular complexity index is 837. The maximum absolute atomic E-state index is 13.3. The van der Waals surface area contributed by atoms with Gasteiger partial charge in [0.05, 0.1) is 6.42 Å². The zero-order valence-corrected chi connectivity index (χ0v) is 18.5. The van der Waals surface area contributed by atoms with Gasteiger partial charge in [-0.05, 0) is 49.9 Å². The summed E-state index contributed by atoms with van der Waals surface area (Å²) in [7, 11) is 0. The molecule has 2 atom stereocenters. The predicted octanol–water partition coefficient (Wildman–Crippen LogP) is 4.91. The van der Waals surface area contributed by atoms with Crippen molar-refractivity contribution in [3.8, 4) is 0 Å². The summed E-state index contributed by atoms with van der Waals surface area (Å²) in [6.07, 6.45) is 1.60. The lowest BCUT2D eigenvalue weighted by Gasteiger charge is -2.31. The Morgan fingerprint density at radius 2 is 1.72 bits per heavy atom. The van der Waals surface area contributed by atoms with Crippen LogP contribution in [0, 0.1) is 6.92 Å². The van der Waals surface area contributed by atoms with Crippen LogP contribution >= 0.6 is 11.6 Å². The summed E-state index contributed by atoms with van der Waals surface area (Å²) in [6.45, 7) is 8.36. The van der Waals surface area contributed by atoms with Gasteiger partial charge in [0, 0.05) is 17.6 Å². The number of rotatable bonds is 9. The van der Waals surface area contributed by atoms with E-state index in [1.165, 1.54) is 0 Å². The highest BCUT2D eigenvalue weighted by Gasteiger charge is 2.29. The van der Waals surface area contributed by atoms with Crippen LogP contribution in [0.1, 0.15) is 50.3 Å². The average Bonchev–Trinajstić information content (AvgIpc) is 2.67. The van der Waals surface area contributed by atoms with Crippen molar-refractivity contribution in [2.75, 3.05) is 0 Å². The van der Waals surface area contributed by atoms with Crippen LogP contribution in [-0.2, 0) is 22.6 Å². The zero-order valence-electron chi connectivity index (χ0n) is 17.7. The maximum atomic E-state index is 13.3. The van der Waals surface area contributed by atoms with E-state index in [0.717, 1.165) is 23.1 Å². The largest absolute Gasteiger partial charge is 0.352 e. The van der Waals surface area contributed by atoms with Gasteiger partial charge in [-0.1, -0.05) is 67.4 Å². The van der Waals surface area contributed by atoms with E-state index in [4.69, 9.17) is 11.6 Å². The second-order valence-electron chi connectivity index (χ2n) is 7.56. The highest BCUT2D eigenvalue weighted by molar-refractivity contribution is 6.30. The molecule has 0 aliphatic carbocycles. The molecule has 29 heavy (non-hydrogen) atoms. The number of nitrogens with one attached hydrogen (secondary N) is 1. The molecule has 0 unspecified atom stereocenters. The van der Waals surface area contributed by atoms with Crippen molar-refractivity contribution in [3.05, 3.63) is 70.2 Å². The molecular weight excluding hydrogens is 384 g/mol. The van der Waals surface area contributed by atoms with Gasteiger partial charge in [-0.2, -0.15) is 0 Å². The molecule has 0 aliphatic heterocycles. The number of amides is 2. The van der Waals surface area contributed by atoms with Crippen molar-refractivity contribution >= 4 is 23.4 Å². The first-order chi connectivity index (χ1) is 13.8. The van der Waals surface area contributed by atoms with E-state index in [1.807, 2.05) is 58.0 Å². The molecule has 0 aromatic heterocycles. The highest BCUT2D eigenvalue weighted by atomic mass is 35.5. The number of hydrogen-bond acceptors (Lipinski definition) is 2. The van der Waals surface area contributed by atoms with Crippen LogP contribution in [-0.4, -0.2) is 28.8 Å². The first-order valence-corrected chi connectivity index (χ1v) is 10.6. The SMILES string of the molecule is CC[C@H](C(=O)N[C@@H](C)CC)N(Cc1cccc(C)c1)C(=O)Cc1cccc(Cl)c1. The van der Waals surface area contributed by atoms with Gasteiger partial charge in [0.1, 0.15) is 6.04 Å². The first kappa shape index (κ1) is 23.0. The van der Waals surface area contributed by atoms with E-state index in [1.54, 1.807) is 17.0 Å². The molecule has 0 fully saturated rings. The number of carbonyl (C=O) groups excluding carboxylic acids is 2. The molecule has 2 amide bonds. The average molecular weight is 415 g/mol. The zero-order chi connectivity index (χ0) is 21.4. The molecule has 5 heteroatoms. The lowest BCUT2D eigenvalue weighted by atomic mass is 10.1. The third kappa shape index (κ3) is 6.90. The van der Waals surface area contributed by atoms with Crippen LogP contribution in [0.15, 0.2) is 48.5 Å². The van der Waals surface area contributed by atoms with Gasteiger partial charge in [0.25, 0.3) is 0 Å². The molecule has 156 valence electrons. The van der Waals surface area contributed by atoms with Crippen LogP contribution in [0.5, 0.6) is 0 Å². The van der Waals surface area contributed by atoms with Gasteiger partial charge < -0.3 is 10.2 Å². The molecule has 0 spiro atoms. The number of hydrogen-bond donors (Lipinski definition) is 1. The first-order valence-electron chi connectivity index (χ1n) is 10.2. The van der Waals surface area contributed by atoms with Crippen molar-refractivity contribution in [2.45, 2.75) is 65.6 Å². The molecule has 2 aromatic rings. The topological polar surface area (TPSA) is 49.4 Å². The molecule has 0 heterocycles. The van der Waals surface area contributed by atoms with Gasteiger partial charge in [-0.15, -0.1) is 0 Å². The van der Waals surface area contributed by atoms with Crippen molar-refractivity contribution < 1.29 is 9.59 Å². The Morgan fingerprint density at radius 1 is 1.03 bits per heavy atom. The van der Waals surface area contributed by atoms with E-state index in [0.29, 0.717) is 18.0 Å². The van der Waals surface area contributed by atoms with Crippen molar-refractivity contribution in [1.29, 1.82) is 0 Å². The molecule has 2 rings (SSSR count). The number of aryl methyl sites for hydroxylation is 1. The Hall–Kier alpha value is -2.33. The van der Waals surface area contributed by atoms with Crippen molar-refractivity contribution in [3.63, 3.8) is 0 Å². The summed E-state index contributed by atoms with van der Waals surface area (Å²) in [6, 6.07) is 14.9. The van der Waals surface area contributed by atoms with Gasteiger partial charge in [-0.25, -0.2) is 0 Å². The minimum atomic E-state index is -0.517. The number of halogens is 1. The lowest BCUT2D eigenvalue weighted by molar-refractivity contribution is -0.141. The Balaban J connectivity index is 2.29. The minimum absolute atomic E-state index is 0.0698. The van der Waals surface area contributed by atoms with Crippen molar-refractivity contribution in [1.82, 2.24) is 10.2 Å². The number of carbonyl (C=O) groups is 2. The fourth-order valence-electron chi connectivity index (χ4n) is 3.29. The fraction of sp³-hybridized carbons (Fsp3) is 0.417. The Kier molecular flexibility index (Phi) is 8.71. The molecule has 0 radical (unpaired) electrons. The summed E-state index contributed by atoms with van der Waals surface area (Å²) in [5, 5.41) is 3.63. The molecule has 0 bridgehead atoms. The summed E-state index contributed by atoms with van der Waals surface area (Å²) in [4.78, 5) is 27.9. The van der Waals surface area contributed by atoms with Crippen LogP contribution in [0.3, 0.4) is 0 Å². The standard InChI is InChI=1S/C24H31ClN2O2/c1-5-18(4)26-24(29)22(6-2)27(16-20-11-7-9-17(3)13-20)23(28)15-19-10-8-12-21(25)14-19/h7-14,18,22H,5-6,15-16H2,1-4H3,(H,26,29)/t18-,22+/m0/s1. The summed E-state index contributed by atoms with van der Waals surface area (Å²) in [5.41, 5.74) is 2.98. The van der Waals surface area contributed by atoms with Crippen LogP contribution < -0.4 is 5.32 Å². The summed E-state index contributed by atoms with van der Waals surface area (Å²) >= 11 is 6.08. The van der Waals surface area contributed by atoms with Crippen molar-refractivity contribution in [2.24, 2.45) is 0 Å². The molecule has 0 saturated heterocycles. The van der Waals surface area contributed by atoms with Gasteiger partial charge in [0.15, 0.2) is 0 Å². The second kappa shape index (κ2) is 11.0. The van der Waals surface area contributed by atoms with Gasteiger partial charge in [-0.3, -0.25) is 9.59 Å². The van der Waals surface area contributed by atoms with Crippen LogP contribution in [0.2, 0.25) is 5.02 Å². The fourth-order valence-corrected chi connectivity index (χ4v) is 3.50. The second-order valence-corrected chi connectivity index (χ2v) is 8.00. The van der Waals surface area contributed by atoms with E-state index in [-0.39, 0.29) is 24.3 Å². The normalized spacial score (nSPS) is 12.9. The monoisotopic (exact) mass is 414 g/mol. The lowest BCUT2D eigenvalue weighted by Crippen LogP contribution is -2.51. The molecule has 0 aliphatic rings. The highest BCUT2D eigenvalue weighted by Crippen LogP contribution is 2.17. The van der Waals surface area contributed by atoms with E-state index >= 15 is 0 Å². The third-order valence-corrected chi connectivity index (χ3v) is 5.30.